The minimum absolute atomic E-state index is 0.238. The van der Waals surface area contributed by atoms with Gasteiger partial charge in [-0.25, -0.2) is 4.68 Å². The third-order valence-corrected chi connectivity index (χ3v) is 4.63. The van der Waals surface area contributed by atoms with Gasteiger partial charge in [0.15, 0.2) is 0 Å². The molecule has 0 saturated carbocycles. The molecule has 2 aromatic heterocycles. The molecule has 1 saturated heterocycles. The molecule has 0 bridgehead atoms. The molecule has 1 aliphatic heterocycles. The topological polar surface area (TPSA) is 80.2 Å². The van der Waals surface area contributed by atoms with E-state index in [0.717, 1.165) is 36.5 Å². The maximum Gasteiger partial charge on any atom is 0.138 e. The molecular formula is C16H25N5O2. The van der Waals surface area contributed by atoms with E-state index in [2.05, 4.69) is 20.4 Å². The van der Waals surface area contributed by atoms with Crippen molar-refractivity contribution < 1.29 is 9.63 Å². The van der Waals surface area contributed by atoms with Crippen molar-refractivity contribution in [3.05, 3.63) is 28.9 Å². The van der Waals surface area contributed by atoms with Crippen LogP contribution in [0.2, 0.25) is 0 Å². The van der Waals surface area contributed by atoms with Crippen molar-refractivity contribution in [1.29, 1.82) is 0 Å². The number of β-amino-alcohol motifs (C(OH)–C–C–N with tert-alkyl or cyclic N) is 1. The Morgan fingerprint density at radius 1 is 1.39 bits per heavy atom. The molecule has 126 valence electrons. The van der Waals surface area contributed by atoms with Gasteiger partial charge in [0.25, 0.3) is 0 Å². The Hall–Kier alpha value is -1.73. The van der Waals surface area contributed by atoms with Crippen molar-refractivity contribution in [3.63, 3.8) is 0 Å². The van der Waals surface area contributed by atoms with Crippen LogP contribution in [0.25, 0.3) is 0 Å². The number of nitrogens with zero attached hydrogens (tertiary/aromatic N) is 5. The molecule has 3 heterocycles. The van der Waals surface area contributed by atoms with Gasteiger partial charge < -0.3 is 9.63 Å². The number of piperidine rings is 1. The summed E-state index contributed by atoms with van der Waals surface area (Å²) in [5.74, 6) is 0.849. The van der Waals surface area contributed by atoms with Gasteiger partial charge in [0.1, 0.15) is 17.1 Å². The van der Waals surface area contributed by atoms with Crippen LogP contribution in [0.15, 0.2) is 10.7 Å². The van der Waals surface area contributed by atoms with Gasteiger partial charge in [-0.1, -0.05) is 10.4 Å². The van der Waals surface area contributed by atoms with Crippen LogP contribution in [-0.4, -0.2) is 43.2 Å². The van der Waals surface area contributed by atoms with Gasteiger partial charge in [0, 0.05) is 24.7 Å². The molecule has 0 amide bonds. The first kappa shape index (κ1) is 16.1. The molecule has 7 heteroatoms. The molecule has 0 radical (unpaired) electrons. The summed E-state index contributed by atoms with van der Waals surface area (Å²) in [5.41, 5.74) is 1.75. The first-order valence-electron chi connectivity index (χ1n) is 8.18. The largest absolute Gasteiger partial charge is 0.382 e. The number of hydrogen-bond acceptors (Lipinski definition) is 6. The lowest BCUT2D eigenvalue weighted by molar-refractivity contribution is -0.0416. The van der Waals surface area contributed by atoms with Crippen LogP contribution >= 0.6 is 0 Å². The lowest BCUT2D eigenvalue weighted by Crippen LogP contribution is -2.46. The second kappa shape index (κ2) is 6.05. The standard InChI is InChI=1S/C16H25N5O2/c1-11(2)21-9-15(17-19-21)16(22)6-5-7-20(10-16)8-14-12(3)18-23-13(14)4/h9,11,22H,5-8,10H2,1-4H3. The van der Waals surface area contributed by atoms with Gasteiger partial charge >= 0.3 is 0 Å². The van der Waals surface area contributed by atoms with E-state index in [1.54, 1.807) is 4.68 Å². The fraction of sp³-hybridized carbons (Fsp3) is 0.688. The predicted octanol–water partition coefficient (Wildman–Crippen LogP) is 1.95. The number of aliphatic hydroxyl groups is 1. The zero-order valence-corrected chi connectivity index (χ0v) is 14.3. The Kier molecular flexibility index (Phi) is 4.25. The minimum Gasteiger partial charge on any atom is -0.382 e. The van der Waals surface area contributed by atoms with Crippen LogP contribution in [0.5, 0.6) is 0 Å². The number of aromatic nitrogens is 4. The highest BCUT2D eigenvalue weighted by atomic mass is 16.5. The normalized spacial score (nSPS) is 22.9. The number of likely N-dealkylation sites (tertiary alicyclic amines) is 1. The average Bonchev–Trinajstić information content (AvgIpc) is 3.11. The summed E-state index contributed by atoms with van der Waals surface area (Å²) in [5, 5.41) is 23.4. The van der Waals surface area contributed by atoms with Crippen LogP contribution in [0, 0.1) is 13.8 Å². The fourth-order valence-electron chi connectivity index (χ4n) is 3.16. The van der Waals surface area contributed by atoms with Crippen LogP contribution in [0.3, 0.4) is 0 Å². The summed E-state index contributed by atoms with van der Waals surface area (Å²) in [6.07, 6.45) is 3.50. The van der Waals surface area contributed by atoms with Gasteiger partial charge in [-0.2, -0.15) is 0 Å². The SMILES string of the molecule is Cc1noc(C)c1CN1CCCC(O)(c2cn(C(C)C)nn2)C1. The van der Waals surface area contributed by atoms with E-state index in [4.69, 9.17) is 4.52 Å². The summed E-state index contributed by atoms with van der Waals surface area (Å²) in [6, 6.07) is 0.238. The summed E-state index contributed by atoms with van der Waals surface area (Å²) in [6.45, 7) is 10.2. The molecule has 1 fully saturated rings. The quantitative estimate of drug-likeness (QED) is 0.928. The zero-order valence-electron chi connectivity index (χ0n) is 14.3. The molecule has 3 rings (SSSR count). The highest BCUT2D eigenvalue weighted by Crippen LogP contribution is 2.31. The van der Waals surface area contributed by atoms with Gasteiger partial charge in [0.05, 0.1) is 11.9 Å². The highest BCUT2D eigenvalue weighted by Gasteiger charge is 2.38. The average molecular weight is 319 g/mol. The summed E-state index contributed by atoms with van der Waals surface area (Å²) >= 11 is 0. The number of hydrogen-bond donors (Lipinski definition) is 1. The number of aryl methyl sites for hydroxylation is 2. The predicted molar refractivity (Wildman–Crippen MR) is 84.8 cm³/mol. The van der Waals surface area contributed by atoms with Crippen molar-refractivity contribution in [2.75, 3.05) is 13.1 Å². The Morgan fingerprint density at radius 2 is 2.17 bits per heavy atom. The molecule has 1 unspecified atom stereocenters. The van der Waals surface area contributed by atoms with E-state index >= 15 is 0 Å². The van der Waals surface area contributed by atoms with Gasteiger partial charge in [-0.05, 0) is 47.1 Å². The maximum absolute atomic E-state index is 11.1. The molecule has 1 N–H and O–H groups in total. The molecule has 1 aliphatic rings. The Bertz CT molecular complexity index is 658. The van der Waals surface area contributed by atoms with Crippen molar-refractivity contribution in [1.82, 2.24) is 25.1 Å². The van der Waals surface area contributed by atoms with Crippen molar-refractivity contribution in [2.24, 2.45) is 0 Å². The molecule has 0 spiro atoms. The third-order valence-electron chi connectivity index (χ3n) is 4.63. The molecule has 23 heavy (non-hydrogen) atoms. The maximum atomic E-state index is 11.1. The summed E-state index contributed by atoms with van der Waals surface area (Å²) < 4.78 is 7.03. The lowest BCUT2D eigenvalue weighted by Gasteiger charge is -2.37. The fourth-order valence-corrected chi connectivity index (χ4v) is 3.16. The van der Waals surface area contributed by atoms with Gasteiger partial charge in [-0.15, -0.1) is 5.10 Å². The monoisotopic (exact) mass is 319 g/mol. The molecule has 0 aliphatic carbocycles. The lowest BCUT2D eigenvalue weighted by atomic mass is 9.89. The van der Waals surface area contributed by atoms with E-state index in [1.165, 1.54) is 0 Å². The molecule has 1 atom stereocenters. The van der Waals surface area contributed by atoms with E-state index in [-0.39, 0.29) is 6.04 Å². The molecule has 2 aromatic rings. The highest BCUT2D eigenvalue weighted by molar-refractivity contribution is 5.21. The van der Waals surface area contributed by atoms with Crippen LogP contribution in [-0.2, 0) is 12.1 Å². The van der Waals surface area contributed by atoms with Crippen molar-refractivity contribution in [2.45, 2.75) is 58.7 Å². The summed E-state index contributed by atoms with van der Waals surface area (Å²) in [4.78, 5) is 2.24. The van der Waals surface area contributed by atoms with Gasteiger partial charge in [0.2, 0.25) is 0 Å². The zero-order chi connectivity index (χ0) is 16.6. The Balaban J connectivity index is 1.76. The second-order valence-corrected chi connectivity index (χ2v) is 6.83. The third kappa shape index (κ3) is 3.16. The molecular weight excluding hydrogens is 294 g/mol. The van der Waals surface area contributed by atoms with E-state index in [1.807, 2.05) is 33.9 Å². The van der Waals surface area contributed by atoms with E-state index in [9.17, 15) is 5.11 Å². The number of rotatable bonds is 4. The Labute approximate surface area is 136 Å². The van der Waals surface area contributed by atoms with E-state index < -0.39 is 5.60 Å². The van der Waals surface area contributed by atoms with Crippen LogP contribution in [0.1, 0.15) is 55.4 Å². The minimum atomic E-state index is -0.940. The first-order valence-corrected chi connectivity index (χ1v) is 8.18. The van der Waals surface area contributed by atoms with Crippen LogP contribution < -0.4 is 0 Å². The van der Waals surface area contributed by atoms with Crippen molar-refractivity contribution >= 4 is 0 Å². The van der Waals surface area contributed by atoms with Gasteiger partial charge in [-0.3, -0.25) is 4.90 Å². The summed E-state index contributed by atoms with van der Waals surface area (Å²) in [7, 11) is 0. The first-order chi connectivity index (χ1) is 10.9. The van der Waals surface area contributed by atoms with Crippen LogP contribution in [0.4, 0.5) is 0 Å². The Morgan fingerprint density at radius 3 is 2.78 bits per heavy atom. The smallest absolute Gasteiger partial charge is 0.138 e. The van der Waals surface area contributed by atoms with Crippen molar-refractivity contribution in [3.8, 4) is 0 Å². The molecule has 7 nitrogen and oxygen atoms in total. The second-order valence-electron chi connectivity index (χ2n) is 6.83. The van der Waals surface area contributed by atoms with E-state index in [0.29, 0.717) is 18.7 Å². The molecule has 0 aromatic carbocycles.